The molecule has 1 aromatic rings. The molecule has 25 heavy (non-hydrogen) atoms. The maximum Gasteiger partial charge on any atom is 0.319 e. The van der Waals surface area contributed by atoms with Gasteiger partial charge in [-0.15, -0.1) is 0 Å². The molecule has 0 heterocycles. The molecule has 1 atom stereocenters. The lowest BCUT2D eigenvalue weighted by Gasteiger charge is -2.29. The standard InChI is InChI=1S/C18H28N4O3/c1-11(2)10-18(5,16(19)24)22-15(23)13-6-8-14(9-7-13)21-17(25)20-12(3)4/h6-9,11-12H,10H2,1-5H3,(H2,19,24)(H,22,23)(H2,20,21,25)/t18-/m0/s1. The summed E-state index contributed by atoms with van der Waals surface area (Å²) in [6, 6.07) is 6.12. The van der Waals surface area contributed by atoms with Gasteiger partial charge in [-0.3, -0.25) is 9.59 Å². The Morgan fingerprint density at radius 2 is 1.64 bits per heavy atom. The molecule has 0 saturated heterocycles. The number of anilines is 1. The summed E-state index contributed by atoms with van der Waals surface area (Å²) >= 11 is 0. The van der Waals surface area contributed by atoms with E-state index in [-0.39, 0.29) is 23.9 Å². The van der Waals surface area contributed by atoms with Gasteiger partial charge in [-0.05, 0) is 57.4 Å². The van der Waals surface area contributed by atoms with Gasteiger partial charge in [-0.2, -0.15) is 0 Å². The summed E-state index contributed by atoms with van der Waals surface area (Å²) in [6.07, 6.45) is 0.448. The molecule has 1 aromatic carbocycles. The molecule has 0 aliphatic carbocycles. The number of hydrogen-bond acceptors (Lipinski definition) is 3. The predicted molar refractivity (Wildman–Crippen MR) is 98.3 cm³/mol. The minimum absolute atomic E-state index is 0.0254. The van der Waals surface area contributed by atoms with Crippen molar-refractivity contribution in [3.8, 4) is 0 Å². The van der Waals surface area contributed by atoms with Crippen LogP contribution in [0.5, 0.6) is 0 Å². The third-order valence-electron chi connectivity index (χ3n) is 3.57. The van der Waals surface area contributed by atoms with Gasteiger partial charge in [0.2, 0.25) is 5.91 Å². The lowest BCUT2D eigenvalue weighted by molar-refractivity contribution is -0.124. The van der Waals surface area contributed by atoms with Gasteiger partial charge in [0.15, 0.2) is 0 Å². The summed E-state index contributed by atoms with van der Waals surface area (Å²) in [7, 11) is 0. The van der Waals surface area contributed by atoms with Crippen LogP contribution in [0.3, 0.4) is 0 Å². The number of hydrogen-bond donors (Lipinski definition) is 4. The third kappa shape index (κ3) is 6.45. The second kappa shape index (κ2) is 8.50. The van der Waals surface area contributed by atoms with Crippen LogP contribution < -0.4 is 21.7 Å². The zero-order chi connectivity index (χ0) is 19.2. The van der Waals surface area contributed by atoms with Gasteiger partial charge in [-0.25, -0.2) is 4.79 Å². The van der Waals surface area contributed by atoms with E-state index in [0.717, 1.165) is 0 Å². The molecule has 7 heteroatoms. The molecular formula is C18H28N4O3. The molecule has 0 aliphatic heterocycles. The van der Waals surface area contributed by atoms with Crippen molar-refractivity contribution < 1.29 is 14.4 Å². The Labute approximate surface area is 148 Å². The van der Waals surface area contributed by atoms with Gasteiger partial charge < -0.3 is 21.7 Å². The van der Waals surface area contributed by atoms with Crippen molar-refractivity contribution in [2.45, 2.75) is 52.6 Å². The van der Waals surface area contributed by atoms with Crippen molar-refractivity contribution in [3.63, 3.8) is 0 Å². The first-order valence-corrected chi connectivity index (χ1v) is 8.33. The normalized spacial score (nSPS) is 13.2. The van der Waals surface area contributed by atoms with Crippen LogP contribution in [0.2, 0.25) is 0 Å². The Kier molecular flexibility index (Phi) is 6.97. The maximum absolute atomic E-state index is 12.4. The van der Waals surface area contributed by atoms with Gasteiger partial charge in [-0.1, -0.05) is 13.8 Å². The van der Waals surface area contributed by atoms with Gasteiger partial charge >= 0.3 is 6.03 Å². The van der Waals surface area contributed by atoms with Crippen molar-refractivity contribution in [1.29, 1.82) is 0 Å². The van der Waals surface area contributed by atoms with E-state index in [9.17, 15) is 14.4 Å². The van der Waals surface area contributed by atoms with Gasteiger partial charge in [0, 0.05) is 17.3 Å². The van der Waals surface area contributed by atoms with Gasteiger partial charge in [0.25, 0.3) is 5.91 Å². The van der Waals surface area contributed by atoms with E-state index in [1.807, 2.05) is 27.7 Å². The highest BCUT2D eigenvalue weighted by Crippen LogP contribution is 2.18. The number of amides is 4. The molecule has 0 bridgehead atoms. The fraction of sp³-hybridized carbons (Fsp3) is 0.500. The molecule has 5 N–H and O–H groups in total. The number of carbonyl (C=O) groups is 3. The molecule has 0 saturated carbocycles. The highest BCUT2D eigenvalue weighted by molar-refractivity contribution is 5.99. The smallest absolute Gasteiger partial charge is 0.319 e. The average molecular weight is 348 g/mol. The molecule has 0 spiro atoms. The number of rotatable bonds is 7. The molecule has 0 aromatic heterocycles. The lowest BCUT2D eigenvalue weighted by atomic mass is 9.89. The number of urea groups is 1. The molecule has 0 radical (unpaired) electrons. The number of nitrogens with one attached hydrogen (secondary N) is 3. The fourth-order valence-electron chi connectivity index (χ4n) is 2.49. The molecule has 0 fully saturated rings. The maximum atomic E-state index is 12.4. The van der Waals surface area contributed by atoms with Crippen LogP contribution in [0.15, 0.2) is 24.3 Å². The molecule has 4 amide bonds. The van der Waals surface area contributed by atoms with Crippen LogP contribution in [0.4, 0.5) is 10.5 Å². The highest BCUT2D eigenvalue weighted by Gasteiger charge is 2.33. The van der Waals surface area contributed by atoms with Crippen molar-refractivity contribution in [2.24, 2.45) is 11.7 Å². The Morgan fingerprint density at radius 1 is 1.08 bits per heavy atom. The summed E-state index contributed by atoms with van der Waals surface area (Å²) in [5, 5.41) is 8.10. The number of carbonyl (C=O) groups excluding carboxylic acids is 3. The van der Waals surface area contributed by atoms with E-state index < -0.39 is 11.4 Å². The van der Waals surface area contributed by atoms with E-state index >= 15 is 0 Å². The highest BCUT2D eigenvalue weighted by atomic mass is 16.2. The Morgan fingerprint density at radius 3 is 2.08 bits per heavy atom. The van der Waals surface area contributed by atoms with Crippen molar-refractivity contribution in [1.82, 2.24) is 10.6 Å². The van der Waals surface area contributed by atoms with Crippen LogP contribution in [0, 0.1) is 5.92 Å². The second-order valence-electron chi connectivity index (χ2n) is 7.08. The Balaban J connectivity index is 2.79. The number of benzene rings is 1. The van der Waals surface area contributed by atoms with E-state index in [2.05, 4.69) is 16.0 Å². The Hall–Kier alpha value is -2.57. The summed E-state index contributed by atoms with van der Waals surface area (Å²) < 4.78 is 0. The lowest BCUT2D eigenvalue weighted by Crippen LogP contribution is -2.56. The third-order valence-corrected chi connectivity index (χ3v) is 3.57. The van der Waals surface area contributed by atoms with Crippen LogP contribution in [0.25, 0.3) is 0 Å². The van der Waals surface area contributed by atoms with Crippen LogP contribution in [0.1, 0.15) is 51.4 Å². The quantitative estimate of drug-likeness (QED) is 0.606. The topological polar surface area (TPSA) is 113 Å². The van der Waals surface area contributed by atoms with E-state index in [0.29, 0.717) is 17.7 Å². The zero-order valence-corrected chi connectivity index (χ0v) is 15.5. The van der Waals surface area contributed by atoms with E-state index in [1.165, 1.54) is 0 Å². The van der Waals surface area contributed by atoms with Crippen LogP contribution in [-0.2, 0) is 4.79 Å². The van der Waals surface area contributed by atoms with Crippen LogP contribution >= 0.6 is 0 Å². The minimum atomic E-state index is -1.11. The SMILES string of the molecule is CC(C)C[C@](C)(NC(=O)c1ccc(NC(=O)NC(C)C)cc1)C(N)=O. The minimum Gasteiger partial charge on any atom is -0.368 e. The van der Waals surface area contributed by atoms with Crippen molar-refractivity contribution in [2.75, 3.05) is 5.32 Å². The van der Waals surface area contributed by atoms with E-state index in [1.54, 1.807) is 31.2 Å². The summed E-state index contributed by atoms with van der Waals surface area (Å²) in [5.74, 6) is -0.762. The fourth-order valence-corrected chi connectivity index (χ4v) is 2.49. The molecular weight excluding hydrogens is 320 g/mol. The Bertz CT molecular complexity index is 626. The average Bonchev–Trinajstić information content (AvgIpc) is 2.45. The van der Waals surface area contributed by atoms with Crippen LogP contribution in [-0.4, -0.2) is 29.4 Å². The molecule has 7 nitrogen and oxygen atoms in total. The molecule has 138 valence electrons. The molecule has 0 unspecified atom stereocenters. The first-order chi connectivity index (χ1) is 11.5. The first kappa shape index (κ1) is 20.5. The second-order valence-corrected chi connectivity index (χ2v) is 7.08. The van der Waals surface area contributed by atoms with Gasteiger partial charge in [0.05, 0.1) is 0 Å². The predicted octanol–water partition coefficient (Wildman–Crippen LogP) is 2.24. The van der Waals surface area contributed by atoms with Crippen molar-refractivity contribution >= 4 is 23.5 Å². The molecule has 1 rings (SSSR count). The zero-order valence-electron chi connectivity index (χ0n) is 15.5. The number of nitrogens with two attached hydrogens (primary N) is 1. The summed E-state index contributed by atoms with van der Waals surface area (Å²) in [4.78, 5) is 35.8. The van der Waals surface area contributed by atoms with Gasteiger partial charge in [0.1, 0.15) is 5.54 Å². The number of primary amides is 1. The largest absolute Gasteiger partial charge is 0.368 e. The summed E-state index contributed by atoms with van der Waals surface area (Å²) in [6.45, 7) is 9.26. The van der Waals surface area contributed by atoms with E-state index in [4.69, 9.17) is 5.73 Å². The monoisotopic (exact) mass is 348 g/mol. The van der Waals surface area contributed by atoms with Crippen molar-refractivity contribution in [3.05, 3.63) is 29.8 Å². The molecule has 0 aliphatic rings. The first-order valence-electron chi connectivity index (χ1n) is 8.33. The summed E-state index contributed by atoms with van der Waals surface area (Å²) in [5.41, 5.74) is 5.29.